The molecule has 0 radical (unpaired) electrons. The van der Waals surface area contributed by atoms with Crippen LogP contribution in [0, 0.1) is 6.92 Å². The summed E-state index contributed by atoms with van der Waals surface area (Å²) in [7, 11) is 0. The van der Waals surface area contributed by atoms with Crippen molar-refractivity contribution in [1.29, 1.82) is 0 Å². The van der Waals surface area contributed by atoms with Gasteiger partial charge >= 0.3 is 6.18 Å². The summed E-state index contributed by atoms with van der Waals surface area (Å²) in [5, 5.41) is 5.79. The molecule has 3 aromatic rings. The second-order valence-electron chi connectivity index (χ2n) is 7.92. The molecule has 1 aliphatic rings. The van der Waals surface area contributed by atoms with E-state index in [1.165, 1.54) is 6.42 Å². The summed E-state index contributed by atoms with van der Waals surface area (Å²) in [4.78, 5) is 7.99. The normalized spacial score (nSPS) is 14.8. The van der Waals surface area contributed by atoms with Gasteiger partial charge in [-0.1, -0.05) is 30.7 Å². The van der Waals surface area contributed by atoms with Gasteiger partial charge in [0.25, 0.3) is 0 Å². The molecular weight excluding hydrogens is 417 g/mol. The molecule has 1 heterocycles. The van der Waals surface area contributed by atoms with Gasteiger partial charge < -0.3 is 15.4 Å². The largest absolute Gasteiger partial charge is 0.490 e. The molecule has 0 aliphatic heterocycles. The van der Waals surface area contributed by atoms with Crippen molar-refractivity contribution in [2.45, 2.75) is 51.3 Å². The van der Waals surface area contributed by atoms with Crippen LogP contribution in [-0.2, 0) is 6.18 Å². The number of ether oxygens (including phenoxy) is 1. The van der Waals surface area contributed by atoms with Crippen LogP contribution in [0.1, 0.15) is 43.2 Å². The van der Waals surface area contributed by atoms with Crippen LogP contribution < -0.4 is 15.4 Å². The Morgan fingerprint density at radius 3 is 2.50 bits per heavy atom. The van der Waals surface area contributed by atoms with Crippen molar-refractivity contribution in [2.24, 2.45) is 0 Å². The highest BCUT2D eigenvalue weighted by molar-refractivity contribution is 5.64. The molecule has 32 heavy (non-hydrogen) atoms. The molecule has 5 nitrogen and oxygen atoms in total. The third-order valence-electron chi connectivity index (χ3n) is 5.44. The molecule has 0 atom stereocenters. The summed E-state index contributed by atoms with van der Waals surface area (Å²) >= 11 is 0. The maximum Gasteiger partial charge on any atom is 0.421 e. The molecule has 0 spiro atoms. The van der Waals surface area contributed by atoms with Crippen molar-refractivity contribution in [1.82, 2.24) is 9.97 Å². The van der Waals surface area contributed by atoms with E-state index in [4.69, 9.17) is 4.74 Å². The van der Waals surface area contributed by atoms with Gasteiger partial charge in [0.15, 0.2) is 0 Å². The van der Waals surface area contributed by atoms with Crippen LogP contribution in [0.25, 0.3) is 0 Å². The molecule has 1 fully saturated rings. The highest BCUT2D eigenvalue weighted by Gasteiger charge is 2.35. The first-order valence-electron chi connectivity index (χ1n) is 10.7. The number of rotatable bonds is 6. The first-order chi connectivity index (χ1) is 15.4. The van der Waals surface area contributed by atoms with Gasteiger partial charge in [0.2, 0.25) is 5.95 Å². The highest BCUT2D eigenvalue weighted by Crippen LogP contribution is 2.36. The zero-order chi connectivity index (χ0) is 22.6. The van der Waals surface area contributed by atoms with E-state index in [9.17, 15) is 13.2 Å². The number of alkyl halides is 3. The number of nitrogens with zero attached hydrogens (tertiary/aromatic N) is 2. The molecule has 1 saturated carbocycles. The first kappa shape index (κ1) is 21.9. The third kappa shape index (κ3) is 5.49. The van der Waals surface area contributed by atoms with Crippen LogP contribution in [0.3, 0.4) is 0 Å². The van der Waals surface area contributed by atoms with Crippen LogP contribution in [0.5, 0.6) is 5.75 Å². The first-order valence-corrected chi connectivity index (χ1v) is 10.7. The Labute approximate surface area is 185 Å². The zero-order valence-corrected chi connectivity index (χ0v) is 17.7. The minimum Gasteiger partial charge on any atom is -0.490 e. The molecular formula is C24H25F3N4O. The molecule has 8 heteroatoms. The molecule has 0 amide bonds. The standard InChI is InChI=1S/C24H25F3N4O/c1-16-8-5-6-13-21(16)30-23-28-15-20(24(25,26)27)22(31-23)29-17-9-7-12-19(14-17)32-18-10-3-2-4-11-18/h5-9,12-15,18H,2-4,10-11H2,1H3,(H2,28,29,30,31). The monoisotopic (exact) mass is 442 g/mol. The van der Waals surface area contributed by atoms with Crippen LogP contribution in [0.2, 0.25) is 0 Å². The third-order valence-corrected chi connectivity index (χ3v) is 5.44. The fourth-order valence-corrected chi connectivity index (χ4v) is 3.74. The Kier molecular flexibility index (Phi) is 6.48. The predicted molar refractivity (Wildman–Crippen MR) is 119 cm³/mol. The maximum atomic E-state index is 13.6. The van der Waals surface area contributed by atoms with Gasteiger partial charge in [0.05, 0.1) is 6.10 Å². The molecule has 0 unspecified atom stereocenters. The fraction of sp³-hybridized carbons (Fsp3) is 0.333. The molecule has 168 valence electrons. The van der Waals surface area contributed by atoms with E-state index in [2.05, 4.69) is 20.6 Å². The summed E-state index contributed by atoms with van der Waals surface area (Å²) < 4.78 is 46.8. The Hall–Kier alpha value is -3.29. The number of aromatic nitrogens is 2. The molecule has 2 aromatic carbocycles. The number of anilines is 4. The van der Waals surface area contributed by atoms with E-state index in [1.54, 1.807) is 18.2 Å². The van der Waals surface area contributed by atoms with E-state index < -0.39 is 11.7 Å². The van der Waals surface area contributed by atoms with Gasteiger partial charge in [0, 0.05) is 23.6 Å². The number of benzene rings is 2. The lowest BCUT2D eigenvalue weighted by Crippen LogP contribution is -2.19. The molecule has 0 saturated heterocycles. The second-order valence-corrected chi connectivity index (χ2v) is 7.92. The van der Waals surface area contributed by atoms with Crippen LogP contribution in [0.4, 0.5) is 36.3 Å². The molecule has 4 rings (SSSR count). The highest BCUT2D eigenvalue weighted by atomic mass is 19.4. The van der Waals surface area contributed by atoms with Crippen molar-refractivity contribution < 1.29 is 17.9 Å². The second kappa shape index (κ2) is 9.46. The molecule has 0 bridgehead atoms. The minimum atomic E-state index is -4.60. The van der Waals surface area contributed by atoms with Crippen molar-refractivity contribution in [2.75, 3.05) is 10.6 Å². The van der Waals surface area contributed by atoms with Crippen LogP contribution in [-0.4, -0.2) is 16.1 Å². The van der Waals surface area contributed by atoms with E-state index in [1.807, 2.05) is 37.3 Å². The number of aryl methyl sites for hydroxylation is 1. The number of halogens is 3. The van der Waals surface area contributed by atoms with E-state index in [0.717, 1.165) is 43.1 Å². The van der Waals surface area contributed by atoms with Gasteiger partial charge in [-0.15, -0.1) is 0 Å². The molecule has 1 aromatic heterocycles. The average molecular weight is 442 g/mol. The van der Waals surface area contributed by atoms with Gasteiger partial charge in [-0.05, 0) is 56.4 Å². The fourth-order valence-electron chi connectivity index (χ4n) is 3.74. The Morgan fingerprint density at radius 1 is 0.969 bits per heavy atom. The summed E-state index contributed by atoms with van der Waals surface area (Å²) in [5.74, 6) is 0.380. The summed E-state index contributed by atoms with van der Waals surface area (Å²) in [6, 6.07) is 14.4. The van der Waals surface area contributed by atoms with E-state index >= 15 is 0 Å². The zero-order valence-electron chi connectivity index (χ0n) is 17.7. The molecule has 1 aliphatic carbocycles. The van der Waals surface area contributed by atoms with Crippen molar-refractivity contribution >= 4 is 23.1 Å². The van der Waals surface area contributed by atoms with Crippen molar-refractivity contribution in [3.8, 4) is 5.75 Å². The lowest BCUT2D eigenvalue weighted by molar-refractivity contribution is -0.137. The predicted octanol–water partition coefficient (Wildman–Crippen LogP) is 7.00. The van der Waals surface area contributed by atoms with Gasteiger partial charge in [0.1, 0.15) is 17.1 Å². The Bertz CT molecular complexity index is 1070. The topological polar surface area (TPSA) is 59.1 Å². The maximum absolute atomic E-state index is 13.6. The van der Waals surface area contributed by atoms with E-state index in [0.29, 0.717) is 11.4 Å². The summed E-state index contributed by atoms with van der Waals surface area (Å²) in [6.45, 7) is 1.89. The number of hydrogen-bond donors (Lipinski definition) is 2. The minimum absolute atomic E-state index is 0.0735. The van der Waals surface area contributed by atoms with Gasteiger partial charge in [-0.3, -0.25) is 0 Å². The average Bonchev–Trinajstić information content (AvgIpc) is 2.76. The van der Waals surface area contributed by atoms with Crippen molar-refractivity contribution in [3.63, 3.8) is 0 Å². The van der Waals surface area contributed by atoms with Crippen molar-refractivity contribution in [3.05, 3.63) is 65.9 Å². The summed E-state index contributed by atoms with van der Waals surface area (Å²) in [5.41, 5.74) is 1.18. The van der Waals surface area contributed by atoms with Gasteiger partial charge in [-0.25, -0.2) is 4.98 Å². The lowest BCUT2D eigenvalue weighted by Gasteiger charge is -2.23. The Morgan fingerprint density at radius 2 is 1.75 bits per heavy atom. The summed E-state index contributed by atoms with van der Waals surface area (Å²) in [6.07, 6.45) is 1.82. The quantitative estimate of drug-likeness (QED) is 0.430. The molecule has 2 N–H and O–H groups in total. The lowest BCUT2D eigenvalue weighted by atomic mass is 9.98. The number of hydrogen-bond acceptors (Lipinski definition) is 5. The Balaban J connectivity index is 1.58. The van der Waals surface area contributed by atoms with Crippen LogP contribution >= 0.6 is 0 Å². The number of para-hydroxylation sites is 1. The van der Waals surface area contributed by atoms with E-state index in [-0.39, 0.29) is 17.9 Å². The SMILES string of the molecule is Cc1ccccc1Nc1ncc(C(F)(F)F)c(Nc2cccc(OC3CCCCC3)c2)n1. The van der Waals surface area contributed by atoms with Gasteiger partial charge in [-0.2, -0.15) is 18.2 Å². The van der Waals surface area contributed by atoms with Crippen LogP contribution in [0.15, 0.2) is 54.7 Å². The smallest absolute Gasteiger partial charge is 0.421 e. The number of nitrogens with one attached hydrogen (secondary N) is 2.